The molecule has 1 aliphatic heterocycles. The molecule has 9 heteroatoms. The van der Waals surface area contributed by atoms with E-state index in [2.05, 4.69) is 10.3 Å². The van der Waals surface area contributed by atoms with E-state index in [4.69, 9.17) is 9.47 Å². The summed E-state index contributed by atoms with van der Waals surface area (Å²) in [4.78, 5) is 46.1. The molecule has 2 heterocycles. The summed E-state index contributed by atoms with van der Waals surface area (Å²) < 4.78 is 11.8. The second-order valence-corrected chi connectivity index (χ2v) is 8.91. The molecule has 0 unspecified atom stereocenters. The van der Waals surface area contributed by atoms with Crippen molar-refractivity contribution in [3.8, 4) is 5.75 Å². The molecule has 0 aliphatic carbocycles. The van der Waals surface area contributed by atoms with Gasteiger partial charge in [0.1, 0.15) is 12.4 Å². The minimum atomic E-state index is -0.299. The summed E-state index contributed by atoms with van der Waals surface area (Å²) in [6.45, 7) is 6.61. The van der Waals surface area contributed by atoms with Crippen LogP contribution < -0.4 is 10.1 Å². The maximum absolute atomic E-state index is 13.4. The van der Waals surface area contributed by atoms with Crippen molar-refractivity contribution in [2.75, 3.05) is 39.2 Å². The molecule has 3 amide bonds. The molecule has 35 heavy (non-hydrogen) atoms. The number of amides is 3. The molecule has 0 saturated carbocycles. The number of hydrogen-bond acceptors (Lipinski definition) is 6. The summed E-state index contributed by atoms with van der Waals surface area (Å²) in [7, 11) is 3.31. The second kappa shape index (κ2) is 11.8. The number of methoxy groups -OCH3 is 1. The molecule has 2 aromatic rings. The maximum Gasteiger partial charge on any atom is 0.257 e. The predicted octanol–water partition coefficient (Wildman–Crippen LogP) is 3.08. The molecule has 188 valence electrons. The minimum Gasteiger partial charge on any atom is -0.491 e. The minimum absolute atomic E-state index is 0.0626. The number of ether oxygens (including phenoxy) is 2. The highest BCUT2D eigenvalue weighted by molar-refractivity contribution is 5.99. The fourth-order valence-electron chi connectivity index (χ4n) is 4.04. The van der Waals surface area contributed by atoms with Crippen LogP contribution in [0.4, 0.5) is 5.69 Å². The molecule has 0 radical (unpaired) electrons. The first-order chi connectivity index (χ1) is 16.7. The van der Waals surface area contributed by atoms with E-state index in [1.807, 2.05) is 13.8 Å². The van der Waals surface area contributed by atoms with Crippen LogP contribution in [0.15, 0.2) is 42.7 Å². The third kappa shape index (κ3) is 6.36. The maximum atomic E-state index is 13.4. The van der Waals surface area contributed by atoms with Gasteiger partial charge < -0.3 is 24.6 Å². The highest BCUT2D eigenvalue weighted by Crippen LogP contribution is 2.27. The first-order valence-electron chi connectivity index (χ1n) is 11.8. The number of benzene rings is 1. The molecular formula is C26H34N4O5. The average Bonchev–Trinajstić information content (AvgIpc) is 2.88. The number of fused-ring (bicyclic) bond motifs is 1. The largest absolute Gasteiger partial charge is 0.491 e. The molecule has 0 saturated heterocycles. The Hall–Kier alpha value is -3.46. The quantitative estimate of drug-likeness (QED) is 0.719. The van der Waals surface area contributed by atoms with E-state index < -0.39 is 0 Å². The summed E-state index contributed by atoms with van der Waals surface area (Å²) in [5.41, 5.74) is 1.35. The first kappa shape index (κ1) is 26.2. The number of rotatable bonds is 4. The Kier molecular flexibility index (Phi) is 8.81. The van der Waals surface area contributed by atoms with Crippen molar-refractivity contribution >= 4 is 23.4 Å². The average molecular weight is 483 g/mol. The molecule has 0 fully saturated rings. The summed E-state index contributed by atoms with van der Waals surface area (Å²) in [5, 5.41) is 2.79. The van der Waals surface area contributed by atoms with Crippen molar-refractivity contribution < 1.29 is 23.9 Å². The lowest BCUT2D eigenvalue weighted by atomic mass is 10.0. The van der Waals surface area contributed by atoms with Gasteiger partial charge >= 0.3 is 0 Å². The van der Waals surface area contributed by atoms with E-state index in [9.17, 15) is 14.4 Å². The van der Waals surface area contributed by atoms with Gasteiger partial charge in [-0.2, -0.15) is 0 Å². The topological polar surface area (TPSA) is 101 Å². The number of nitrogens with zero attached hydrogens (tertiary/aromatic N) is 3. The van der Waals surface area contributed by atoms with E-state index in [0.717, 1.165) is 0 Å². The van der Waals surface area contributed by atoms with Crippen LogP contribution in [-0.2, 0) is 9.53 Å². The van der Waals surface area contributed by atoms with Crippen molar-refractivity contribution in [3.63, 3.8) is 0 Å². The van der Waals surface area contributed by atoms with Crippen LogP contribution in [0.25, 0.3) is 0 Å². The Labute approximate surface area is 206 Å². The van der Waals surface area contributed by atoms with Gasteiger partial charge in [0.25, 0.3) is 11.8 Å². The lowest BCUT2D eigenvalue weighted by molar-refractivity contribution is -0.115. The molecule has 0 spiro atoms. The third-order valence-electron chi connectivity index (χ3n) is 6.22. The zero-order valence-corrected chi connectivity index (χ0v) is 21.0. The van der Waals surface area contributed by atoms with Crippen LogP contribution in [0.2, 0.25) is 0 Å². The molecule has 1 N–H and O–H groups in total. The number of likely N-dealkylation sites (N-methyl/N-ethyl adjacent to an activating group) is 1. The fraction of sp³-hybridized carbons (Fsp3) is 0.462. The SMILES string of the molecule is CCC(=O)Nc1ccc2c(c1)C(=O)N(C)C[C@H](OC)[C@@H](C)CN(C(=O)c1cccnc1)[C@@H](C)CO2. The zero-order valence-electron chi connectivity index (χ0n) is 21.0. The number of carbonyl (C=O) groups excluding carboxylic acids is 3. The number of anilines is 1. The Morgan fingerprint density at radius 1 is 1.23 bits per heavy atom. The zero-order chi connectivity index (χ0) is 25.5. The van der Waals surface area contributed by atoms with E-state index >= 15 is 0 Å². The van der Waals surface area contributed by atoms with Gasteiger partial charge in [-0.1, -0.05) is 13.8 Å². The van der Waals surface area contributed by atoms with Gasteiger partial charge in [0.2, 0.25) is 5.91 Å². The van der Waals surface area contributed by atoms with E-state index in [-0.39, 0.29) is 42.4 Å². The summed E-state index contributed by atoms with van der Waals surface area (Å²) in [6.07, 6.45) is 3.21. The van der Waals surface area contributed by atoms with E-state index in [1.165, 1.54) is 0 Å². The molecule has 3 atom stereocenters. The van der Waals surface area contributed by atoms with Gasteiger partial charge in [-0.05, 0) is 37.3 Å². The molecular weight excluding hydrogens is 448 g/mol. The number of hydrogen-bond donors (Lipinski definition) is 1. The van der Waals surface area contributed by atoms with Crippen molar-refractivity contribution in [2.24, 2.45) is 5.92 Å². The predicted molar refractivity (Wildman–Crippen MR) is 133 cm³/mol. The fourth-order valence-corrected chi connectivity index (χ4v) is 4.04. The third-order valence-corrected chi connectivity index (χ3v) is 6.22. The van der Waals surface area contributed by atoms with Crippen molar-refractivity contribution in [1.29, 1.82) is 0 Å². The lowest BCUT2D eigenvalue weighted by Crippen LogP contribution is -2.48. The van der Waals surface area contributed by atoms with E-state index in [0.29, 0.717) is 42.1 Å². The molecule has 9 nitrogen and oxygen atoms in total. The monoisotopic (exact) mass is 482 g/mol. The summed E-state index contributed by atoms with van der Waals surface area (Å²) >= 11 is 0. The van der Waals surface area contributed by atoms with Crippen LogP contribution >= 0.6 is 0 Å². The van der Waals surface area contributed by atoms with Crippen LogP contribution in [-0.4, -0.2) is 78.5 Å². The normalized spacial score (nSPS) is 21.3. The van der Waals surface area contributed by atoms with Crippen LogP contribution in [0.5, 0.6) is 5.75 Å². The molecule has 0 bridgehead atoms. The Balaban J connectivity index is 1.98. The Morgan fingerprint density at radius 3 is 2.66 bits per heavy atom. The molecule has 3 rings (SSSR count). The van der Waals surface area contributed by atoms with E-state index in [1.54, 1.807) is 73.6 Å². The molecule has 1 aromatic carbocycles. The molecule has 1 aromatic heterocycles. The lowest BCUT2D eigenvalue weighted by Gasteiger charge is -2.36. The first-order valence-corrected chi connectivity index (χ1v) is 11.8. The highest BCUT2D eigenvalue weighted by Gasteiger charge is 2.31. The van der Waals surface area contributed by atoms with Gasteiger partial charge in [-0.25, -0.2) is 0 Å². The standard InChI is InChI=1S/C26H34N4O5/c1-6-24(31)28-20-9-10-22-21(12-20)26(33)29(4)15-23(34-5)17(2)14-30(18(3)16-35-22)25(32)19-8-7-11-27-13-19/h7-13,17-18,23H,6,14-16H2,1-5H3,(H,28,31)/t17-,18-,23-/m0/s1. The van der Waals surface area contributed by atoms with Crippen molar-refractivity contribution in [1.82, 2.24) is 14.8 Å². The van der Waals surface area contributed by atoms with Gasteiger partial charge in [0.15, 0.2) is 0 Å². The van der Waals surface area contributed by atoms with Gasteiger partial charge in [0, 0.05) is 57.7 Å². The van der Waals surface area contributed by atoms with Gasteiger partial charge in [0.05, 0.1) is 23.3 Å². The van der Waals surface area contributed by atoms with Crippen molar-refractivity contribution in [3.05, 3.63) is 53.9 Å². The van der Waals surface area contributed by atoms with Crippen molar-refractivity contribution in [2.45, 2.75) is 39.3 Å². The summed E-state index contributed by atoms with van der Waals surface area (Å²) in [5.74, 6) is -0.202. The number of aromatic nitrogens is 1. The smallest absolute Gasteiger partial charge is 0.257 e. The van der Waals surface area contributed by atoms with Crippen LogP contribution in [0.1, 0.15) is 47.9 Å². The summed E-state index contributed by atoms with van der Waals surface area (Å²) in [6, 6.07) is 8.19. The second-order valence-electron chi connectivity index (χ2n) is 8.91. The Bertz CT molecular complexity index is 1050. The van der Waals surface area contributed by atoms with Gasteiger partial charge in [-0.3, -0.25) is 19.4 Å². The highest BCUT2D eigenvalue weighted by atomic mass is 16.5. The number of pyridine rings is 1. The Morgan fingerprint density at radius 2 is 2.00 bits per heavy atom. The number of carbonyl (C=O) groups is 3. The molecule has 1 aliphatic rings. The van der Waals surface area contributed by atoms with Crippen LogP contribution in [0.3, 0.4) is 0 Å². The van der Waals surface area contributed by atoms with Crippen LogP contribution in [0, 0.1) is 5.92 Å². The number of nitrogens with one attached hydrogen (secondary N) is 1. The van der Waals surface area contributed by atoms with Gasteiger partial charge in [-0.15, -0.1) is 0 Å².